The molecule has 1 aliphatic rings. The number of nitrogens with zero attached hydrogens (tertiary/aromatic N) is 2. The predicted octanol–water partition coefficient (Wildman–Crippen LogP) is 1.18. The Balaban J connectivity index is 1.32. The van der Waals surface area contributed by atoms with Crippen LogP contribution in [-0.4, -0.2) is 27.5 Å². The molecular weight excluding hydrogens is 458 g/mol. The minimum Gasteiger partial charge on any atom is -0.508 e. The van der Waals surface area contributed by atoms with Crippen molar-refractivity contribution in [3.63, 3.8) is 0 Å². The molecule has 1 amide bonds. The number of aliphatic hydroxyl groups excluding tert-OH is 1. The van der Waals surface area contributed by atoms with Crippen LogP contribution in [0.15, 0.2) is 44.5 Å². The molecule has 2 aromatic carbocycles. The number of anilines is 2. The van der Waals surface area contributed by atoms with Crippen molar-refractivity contribution in [1.82, 2.24) is 15.3 Å². The van der Waals surface area contributed by atoms with Gasteiger partial charge in [0.2, 0.25) is 5.82 Å². The Morgan fingerprint density at radius 1 is 1.26 bits per heavy atom. The standard InChI is InChI=1S/C23H19N5O5S/c1-10(29)14-9-34-23-15(14)21(32)26-20(27-23)22(33)25-7-11-2-3-12-4-5-28(8-13(12)6-11)17-16(24)18(30)19(17)31/h2-3,6,9,29H,1,4-5,7-8,24H2,(H,25,33)(H,26,27,32). The summed E-state index contributed by atoms with van der Waals surface area (Å²) in [5.41, 5.74) is 7.49. The third-order valence-corrected chi connectivity index (χ3v) is 6.82. The van der Waals surface area contributed by atoms with Crippen molar-refractivity contribution in [3.8, 4) is 0 Å². The summed E-state index contributed by atoms with van der Waals surface area (Å²) < 4.78 is 0. The molecule has 0 fully saturated rings. The van der Waals surface area contributed by atoms with Gasteiger partial charge in [-0.15, -0.1) is 11.3 Å². The molecule has 0 saturated carbocycles. The van der Waals surface area contributed by atoms with E-state index in [1.807, 2.05) is 23.1 Å². The molecule has 0 unspecified atom stereocenters. The third-order valence-electron chi connectivity index (χ3n) is 5.94. The number of carbonyl (C=O) groups is 1. The highest BCUT2D eigenvalue weighted by atomic mass is 32.1. The first kappa shape index (κ1) is 21.6. The molecule has 11 heteroatoms. The van der Waals surface area contributed by atoms with Gasteiger partial charge in [0.25, 0.3) is 22.3 Å². The first-order valence-corrected chi connectivity index (χ1v) is 11.2. The fourth-order valence-electron chi connectivity index (χ4n) is 4.16. The molecule has 0 spiro atoms. The van der Waals surface area contributed by atoms with E-state index in [0.29, 0.717) is 24.3 Å². The highest BCUT2D eigenvalue weighted by molar-refractivity contribution is 7.17. The topological polar surface area (TPSA) is 158 Å². The van der Waals surface area contributed by atoms with E-state index in [9.17, 15) is 24.3 Å². The Bertz CT molecular complexity index is 1630. The Hall–Kier alpha value is -4.25. The molecule has 0 saturated heterocycles. The van der Waals surface area contributed by atoms with Gasteiger partial charge in [0.05, 0.1) is 5.39 Å². The van der Waals surface area contributed by atoms with Crippen LogP contribution in [0.25, 0.3) is 16.0 Å². The van der Waals surface area contributed by atoms with Crippen LogP contribution in [0.5, 0.6) is 0 Å². The van der Waals surface area contributed by atoms with Crippen molar-refractivity contribution in [3.05, 3.63) is 89.0 Å². The van der Waals surface area contributed by atoms with Gasteiger partial charge in [-0.3, -0.25) is 19.2 Å². The van der Waals surface area contributed by atoms with Crippen molar-refractivity contribution in [1.29, 1.82) is 0 Å². The first-order valence-electron chi connectivity index (χ1n) is 10.4. The van der Waals surface area contributed by atoms with Gasteiger partial charge in [0.1, 0.15) is 22.0 Å². The van der Waals surface area contributed by atoms with E-state index in [2.05, 4.69) is 21.9 Å². The summed E-state index contributed by atoms with van der Waals surface area (Å²) in [7, 11) is 0. The fraction of sp³-hybridized carbons (Fsp3) is 0.174. The summed E-state index contributed by atoms with van der Waals surface area (Å²) >= 11 is 1.13. The molecular formula is C23H19N5O5S. The number of H-pyrrole nitrogens is 1. The summed E-state index contributed by atoms with van der Waals surface area (Å²) in [6.45, 7) is 4.66. The maximum atomic E-state index is 12.6. The molecule has 5 N–H and O–H groups in total. The molecule has 1 aliphatic heterocycles. The zero-order valence-corrected chi connectivity index (χ0v) is 18.6. The molecule has 10 nitrogen and oxygen atoms in total. The second-order valence-corrected chi connectivity index (χ2v) is 8.93. The highest BCUT2D eigenvalue weighted by Gasteiger charge is 2.27. The largest absolute Gasteiger partial charge is 0.508 e. The number of aliphatic hydroxyl groups is 1. The highest BCUT2D eigenvalue weighted by Crippen LogP contribution is 2.27. The zero-order chi connectivity index (χ0) is 24.1. The second kappa shape index (κ2) is 7.96. The fourth-order valence-corrected chi connectivity index (χ4v) is 5.11. The number of aromatic amines is 1. The van der Waals surface area contributed by atoms with Gasteiger partial charge in [0.15, 0.2) is 0 Å². The molecule has 34 heavy (non-hydrogen) atoms. The van der Waals surface area contributed by atoms with Crippen LogP contribution >= 0.6 is 11.3 Å². The molecule has 172 valence electrons. The van der Waals surface area contributed by atoms with Gasteiger partial charge in [-0.25, -0.2) is 4.98 Å². The lowest BCUT2D eigenvalue weighted by Crippen LogP contribution is -2.44. The van der Waals surface area contributed by atoms with Crippen molar-refractivity contribution in [2.45, 2.75) is 19.5 Å². The van der Waals surface area contributed by atoms with Gasteiger partial charge in [-0.1, -0.05) is 24.8 Å². The van der Waals surface area contributed by atoms with Gasteiger partial charge in [-0.2, -0.15) is 0 Å². The minimum atomic E-state index is -0.637. The smallest absolute Gasteiger partial charge is 0.287 e. The normalized spacial score (nSPS) is 13.2. The van der Waals surface area contributed by atoms with Gasteiger partial charge in [0, 0.05) is 30.6 Å². The van der Waals surface area contributed by atoms with Gasteiger partial charge < -0.3 is 26.0 Å². The van der Waals surface area contributed by atoms with E-state index in [-0.39, 0.29) is 40.5 Å². The van der Waals surface area contributed by atoms with Gasteiger partial charge in [-0.05, 0) is 23.1 Å². The van der Waals surface area contributed by atoms with Gasteiger partial charge >= 0.3 is 0 Å². The van der Waals surface area contributed by atoms with E-state index in [1.165, 1.54) is 0 Å². The number of hydrogen-bond donors (Lipinski definition) is 4. The van der Waals surface area contributed by atoms with Crippen LogP contribution in [0.2, 0.25) is 0 Å². The van der Waals surface area contributed by atoms with Crippen LogP contribution in [0.1, 0.15) is 32.9 Å². The molecule has 4 aromatic rings. The minimum absolute atomic E-state index is 0.0106. The first-order chi connectivity index (χ1) is 16.2. The van der Waals surface area contributed by atoms with Crippen LogP contribution in [0.3, 0.4) is 0 Å². The average Bonchev–Trinajstić information content (AvgIpc) is 3.27. The monoisotopic (exact) mass is 477 g/mol. The predicted molar refractivity (Wildman–Crippen MR) is 130 cm³/mol. The Labute approximate surface area is 195 Å². The lowest BCUT2D eigenvalue weighted by atomic mass is 9.96. The lowest BCUT2D eigenvalue weighted by molar-refractivity contribution is 0.0940. The zero-order valence-electron chi connectivity index (χ0n) is 17.8. The molecule has 0 radical (unpaired) electrons. The third kappa shape index (κ3) is 3.46. The number of rotatable bonds is 5. The Morgan fingerprint density at radius 3 is 2.79 bits per heavy atom. The Kier molecular flexibility index (Phi) is 5.05. The number of carbonyl (C=O) groups excluding carboxylic acids is 1. The number of nitrogens with two attached hydrogens (primary N) is 1. The van der Waals surface area contributed by atoms with E-state index >= 15 is 0 Å². The summed E-state index contributed by atoms with van der Waals surface area (Å²) in [4.78, 5) is 57.2. The van der Waals surface area contributed by atoms with Crippen molar-refractivity contribution in [2.24, 2.45) is 0 Å². The number of nitrogens with one attached hydrogen (secondary N) is 2. The molecule has 3 heterocycles. The number of hydrogen-bond acceptors (Lipinski definition) is 9. The van der Waals surface area contributed by atoms with Crippen LogP contribution in [-0.2, 0) is 19.5 Å². The maximum absolute atomic E-state index is 12.6. The number of thiophene rings is 1. The summed E-state index contributed by atoms with van der Waals surface area (Å²) in [6, 6.07) is 5.81. The van der Waals surface area contributed by atoms with E-state index < -0.39 is 22.3 Å². The van der Waals surface area contributed by atoms with Crippen LogP contribution < -0.4 is 32.4 Å². The number of benzene rings is 1. The van der Waals surface area contributed by atoms with Crippen LogP contribution in [0, 0.1) is 0 Å². The van der Waals surface area contributed by atoms with Crippen molar-refractivity contribution >= 4 is 44.6 Å². The van der Waals surface area contributed by atoms with Crippen molar-refractivity contribution in [2.75, 3.05) is 17.2 Å². The summed E-state index contributed by atoms with van der Waals surface area (Å²) in [5, 5.41) is 14.1. The number of aromatic nitrogens is 2. The maximum Gasteiger partial charge on any atom is 0.287 e. The van der Waals surface area contributed by atoms with E-state index in [4.69, 9.17) is 5.73 Å². The van der Waals surface area contributed by atoms with Crippen molar-refractivity contribution < 1.29 is 9.90 Å². The molecule has 5 rings (SSSR count). The quantitative estimate of drug-likeness (QED) is 0.246. The molecule has 0 atom stereocenters. The Morgan fingerprint density at radius 2 is 2.06 bits per heavy atom. The molecule has 0 aliphatic carbocycles. The van der Waals surface area contributed by atoms with Crippen LogP contribution in [0.4, 0.5) is 11.4 Å². The number of fused-ring (bicyclic) bond motifs is 2. The number of nitrogen functional groups attached to an aromatic ring is 1. The number of amides is 1. The SMILES string of the molecule is C=C(O)c1csc2nc(C(=O)NCc3ccc4c(c3)CN(c3c(N)c(=O)c3=O)CC4)[nH]c(=O)c12. The molecule has 0 bridgehead atoms. The second-order valence-electron chi connectivity index (χ2n) is 8.07. The summed E-state index contributed by atoms with van der Waals surface area (Å²) in [5.74, 6) is -0.921. The molecule has 2 aromatic heterocycles. The lowest BCUT2D eigenvalue weighted by Gasteiger charge is -2.32. The summed E-state index contributed by atoms with van der Waals surface area (Å²) in [6.07, 6.45) is 0.703. The van der Waals surface area contributed by atoms with E-state index in [1.54, 1.807) is 5.38 Å². The average molecular weight is 478 g/mol. The van der Waals surface area contributed by atoms with E-state index in [0.717, 1.165) is 28.0 Å².